The zero-order chi connectivity index (χ0) is 32.0. The molecule has 1 atom stereocenters. The molecule has 11 heteroatoms. The number of hydrogen-bond donors (Lipinski definition) is 1. The summed E-state index contributed by atoms with van der Waals surface area (Å²) in [5.74, 6) is -0.796. The summed E-state index contributed by atoms with van der Waals surface area (Å²) in [4.78, 5) is 29.5. The van der Waals surface area contributed by atoms with Crippen LogP contribution in [0, 0.1) is 13.8 Å². The molecule has 1 aliphatic carbocycles. The summed E-state index contributed by atoms with van der Waals surface area (Å²) in [6, 6.07) is 15.5. The average Bonchev–Trinajstić information content (AvgIpc) is 2.98. The summed E-state index contributed by atoms with van der Waals surface area (Å²) in [7, 11) is -4.19. The van der Waals surface area contributed by atoms with Crippen molar-refractivity contribution in [2.45, 2.75) is 82.8 Å². The van der Waals surface area contributed by atoms with Crippen LogP contribution in [0.3, 0.4) is 0 Å². The van der Waals surface area contributed by atoms with Crippen molar-refractivity contribution in [2.24, 2.45) is 0 Å². The maximum atomic E-state index is 14.3. The summed E-state index contributed by atoms with van der Waals surface area (Å²) < 4.78 is 29.3. The van der Waals surface area contributed by atoms with Crippen molar-refractivity contribution >= 4 is 62.3 Å². The Kier molecular flexibility index (Phi) is 11.6. The van der Waals surface area contributed by atoms with Crippen LogP contribution >= 0.6 is 34.8 Å². The van der Waals surface area contributed by atoms with Crippen molar-refractivity contribution in [2.75, 3.05) is 10.8 Å². The van der Waals surface area contributed by atoms with Gasteiger partial charge in [-0.15, -0.1) is 0 Å². The Bertz CT molecular complexity index is 1590. The molecule has 0 spiro atoms. The molecule has 236 valence electrons. The van der Waals surface area contributed by atoms with Crippen LogP contribution in [0.15, 0.2) is 65.6 Å². The highest BCUT2D eigenvalue weighted by molar-refractivity contribution is 7.92. The lowest BCUT2D eigenvalue weighted by Crippen LogP contribution is -2.54. The normalized spacial score (nSPS) is 14.6. The largest absolute Gasteiger partial charge is 0.352 e. The molecular formula is C33H38Cl3N3O4S. The molecule has 4 rings (SSSR count). The fourth-order valence-electron chi connectivity index (χ4n) is 5.55. The third kappa shape index (κ3) is 8.27. The molecule has 1 saturated carbocycles. The molecule has 44 heavy (non-hydrogen) atoms. The molecule has 0 heterocycles. The van der Waals surface area contributed by atoms with Crippen LogP contribution in [0.1, 0.15) is 62.1 Å². The van der Waals surface area contributed by atoms with Crippen LogP contribution in [-0.2, 0) is 26.2 Å². The van der Waals surface area contributed by atoms with Gasteiger partial charge in [-0.05, 0) is 86.7 Å². The minimum absolute atomic E-state index is 0.0321. The first-order chi connectivity index (χ1) is 20.9. The first-order valence-corrected chi connectivity index (χ1v) is 17.4. The Morgan fingerprint density at radius 3 is 2.20 bits per heavy atom. The number of sulfonamides is 1. The van der Waals surface area contributed by atoms with Crippen molar-refractivity contribution in [1.29, 1.82) is 0 Å². The number of anilines is 1. The molecule has 7 nitrogen and oxygen atoms in total. The van der Waals surface area contributed by atoms with Gasteiger partial charge in [-0.25, -0.2) is 8.42 Å². The molecule has 0 aromatic heterocycles. The average molecular weight is 679 g/mol. The molecular weight excluding hydrogens is 641 g/mol. The van der Waals surface area contributed by atoms with E-state index in [0.717, 1.165) is 42.0 Å². The SMILES string of the molecule is CCC(C(=O)NC1CCCCC1)N(Cc1ccc(Cl)c(Cl)c1)C(=O)CN(c1ccc(Cl)cc1C)S(=O)(=O)c1ccc(C)cc1. The van der Waals surface area contributed by atoms with E-state index in [0.29, 0.717) is 38.3 Å². The number of carbonyl (C=O) groups excluding carboxylic acids is 2. The van der Waals surface area contributed by atoms with E-state index in [4.69, 9.17) is 34.8 Å². The molecule has 3 aromatic rings. The van der Waals surface area contributed by atoms with Gasteiger partial charge in [0.05, 0.1) is 20.6 Å². The van der Waals surface area contributed by atoms with Crippen LogP contribution in [0.5, 0.6) is 0 Å². The van der Waals surface area contributed by atoms with Gasteiger partial charge < -0.3 is 10.2 Å². The van der Waals surface area contributed by atoms with Crippen molar-refractivity contribution in [1.82, 2.24) is 10.2 Å². The van der Waals surface area contributed by atoms with Crippen molar-refractivity contribution in [3.05, 3.63) is 92.4 Å². The molecule has 1 fully saturated rings. The second kappa shape index (κ2) is 15.0. The number of benzene rings is 3. The van der Waals surface area contributed by atoms with Crippen molar-refractivity contribution in [3.8, 4) is 0 Å². The molecule has 1 aliphatic rings. The summed E-state index contributed by atoms with van der Waals surface area (Å²) in [6.07, 6.45) is 5.33. The molecule has 1 N–H and O–H groups in total. The molecule has 0 saturated heterocycles. The van der Waals surface area contributed by atoms with E-state index in [1.165, 1.54) is 17.0 Å². The van der Waals surface area contributed by atoms with E-state index in [-0.39, 0.29) is 23.4 Å². The Balaban J connectivity index is 1.74. The standard InChI is InChI=1S/C33H38Cl3N3O4S/c1-4-30(33(41)37-26-8-6-5-7-9-26)38(20-24-12-16-28(35)29(36)19-24)32(40)21-39(31-17-13-25(34)18-23(31)3)44(42,43)27-14-10-22(2)11-15-27/h10-19,26,30H,4-9,20-21H2,1-3H3,(H,37,41). The number of halogens is 3. The molecule has 1 unspecified atom stereocenters. The Morgan fingerprint density at radius 1 is 0.909 bits per heavy atom. The second-order valence-electron chi connectivity index (χ2n) is 11.3. The summed E-state index contributed by atoms with van der Waals surface area (Å²) >= 11 is 18.7. The van der Waals surface area contributed by atoms with Gasteiger partial charge in [0.15, 0.2) is 0 Å². The summed E-state index contributed by atoms with van der Waals surface area (Å²) in [5, 5.41) is 4.27. The predicted molar refractivity (Wildman–Crippen MR) is 178 cm³/mol. The quantitative estimate of drug-likeness (QED) is 0.225. The smallest absolute Gasteiger partial charge is 0.264 e. The number of aryl methyl sites for hydroxylation is 2. The van der Waals surface area contributed by atoms with Crippen molar-refractivity contribution < 1.29 is 18.0 Å². The van der Waals surface area contributed by atoms with Crippen molar-refractivity contribution in [3.63, 3.8) is 0 Å². The maximum absolute atomic E-state index is 14.3. The Morgan fingerprint density at radius 2 is 1.59 bits per heavy atom. The number of amides is 2. The molecule has 3 aromatic carbocycles. The number of nitrogens with zero attached hydrogens (tertiary/aromatic N) is 2. The second-order valence-corrected chi connectivity index (χ2v) is 14.4. The van der Waals surface area contributed by atoms with Gasteiger partial charge in [-0.1, -0.05) is 84.8 Å². The lowest BCUT2D eigenvalue weighted by molar-refractivity contribution is -0.140. The number of nitrogens with one attached hydrogen (secondary N) is 1. The number of hydrogen-bond acceptors (Lipinski definition) is 4. The molecule has 0 bridgehead atoms. The highest BCUT2D eigenvalue weighted by atomic mass is 35.5. The molecule has 2 amide bonds. The van der Waals surface area contributed by atoms with Gasteiger partial charge in [0.25, 0.3) is 10.0 Å². The van der Waals surface area contributed by atoms with Gasteiger partial charge in [0.1, 0.15) is 12.6 Å². The maximum Gasteiger partial charge on any atom is 0.264 e. The first kappa shape index (κ1) is 34.1. The minimum atomic E-state index is -4.19. The van der Waals surface area contributed by atoms with Crippen LogP contribution in [0.4, 0.5) is 5.69 Å². The number of carbonyl (C=O) groups is 2. The van der Waals surface area contributed by atoms with Crippen LogP contribution in [-0.4, -0.2) is 43.8 Å². The van der Waals surface area contributed by atoms with E-state index in [1.54, 1.807) is 55.5 Å². The van der Waals surface area contributed by atoms with Gasteiger partial charge in [0, 0.05) is 17.6 Å². The zero-order valence-electron chi connectivity index (χ0n) is 25.2. The molecule has 0 radical (unpaired) electrons. The predicted octanol–water partition coefficient (Wildman–Crippen LogP) is 7.72. The highest BCUT2D eigenvalue weighted by Crippen LogP contribution is 2.30. The van der Waals surface area contributed by atoms with E-state index in [9.17, 15) is 18.0 Å². The van der Waals surface area contributed by atoms with Crippen LogP contribution in [0.25, 0.3) is 0 Å². The van der Waals surface area contributed by atoms with Crippen LogP contribution < -0.4 is 9.62 Å². The number of rotatable bonds is 11. The lowest BCUT2D eigenvalue weighted by atomic mass is 9.95. The molecule has 0 aliphatic heterocycles. The van der Waals surface area contributed by atoms with E-state index < -0.39 is 28.5 Å². The zero-order valence-corrected chi connectivity index (χ0v) is 28.2. The summed E-state index contributed by atoms with van der Waals surface area (Å²) in [5.41, 5.74) is 2.46. The van der Waals surface area contributed by atoms with E-state index in [2.05, 4.69) is 5.32 Å². The van der Waals surface area contributed by atoms with Gasteiger partial charge in [-0.3, -0.25) is 13.9 Å². The Hall–Kier alpha value is -2.78. The minimum Gasteiger partial charge on any atom is -0.352 e. The van der Waals surface area contributed by atoms with Crippen LogP contribution in [0.2, 0.25) is 15.1 Å². The monoisotopic (exact) mass is 677 g/mol. The highest BCUT2D eigenvalue weighted by Gasteiger charge is 2.35. The van der Waals surface area contributed by atoms with E-state index in [1.807, 2.05) is 13.8 Å². The third-order valence-electron chi connectivity index (χ3n) is 7.99. The lowest BCUT2D eigenvalue weighted by Gasteiger charge is -2.34. The fraction of sp³-hybridized carbons (Fsp3) is 0.394. The Labute approximate surface area is 275 Å². The first-order valence-electron chi connectivity index (χ1n) is 14.8. The van der Waals surface area contributed by atoms with Gasteiger partial charge in [-0.2, -0.15) is 0 Å². The van der Waals surface area contributed by atoms with E-state index >= 15 is 0 Å². The van der Waals surface area contributed by atoms with Gasteiger partial charge in [0.2, 0.25) is 11.8 Å². The topological polar surface area (TPSA) is 86.8 Å². The fourth-order valence-corrected chi connectivity index (χ4v) is 7.57. The summed E-state index contributed by atoms with van der Waals surface area (Å²) in [6.45, 7) is 4.94. The van der Waals surface area contributed by atoms with Gasteiger partial charge >= 0.3 is 0 Å². The third-order valence-corrected chi connectivity index (χ3v) is 10.7.